The molecule has 0 unspecified atom stereocenters. The van der Waals surface area contributed by atoms with Crippen LogP contribution in [-0.4, -0.2) is 106 Å². The second kappa shape index (κ2) is 26.9. The van der Waals surface area contributed by atoms with Crippen molar-refractivity contribution in [3.8, 4) is 0 Å². The summed E-state index contributed by atoms with van der Waals surface area (Å²) < 4.78 is 44.8. The Balaban J connectivity index is 2.00. The normalized spacial score (nSPS) is 24.0. The van der Waals surface area contributed by atoms with Crippen LogP contribution in [0.4, 0.5) is 0 Å². The summed E-state index contributed by atoms with van der Waals surface area (Å²) in [6, 6.07) is 0. The summed E-state index contributed by atoms with van der Waals surface area (Å²) in [5.41, 5.74) is 0. The highest BCUT2D eigenvalue weighted by molar-refractivity contribution is 4.43. The SMILES string of the molecule is C1COCCCOCCCOCCCOCCCOCCCOCCCOCCCOC1. The molecule has 0 aromatic rings. The third kappa shape index (κ3) is 24.3. The Hall–Kier alpha value is -0.320. The van der Waals surface area contributed by atoms with Crippen molar-refractivity contribution >= 4 is 0 Å². The quantitative estimate of drug-likeness (QED) is 0.541. The number of rotatable bonds is 0. The molecule has 0 atom stereocenters. The number of ether oxygens (including phenoxy) is 8. The minimum absolute atomic E-state index is 0.736. The lowest BCUT2D eigenvalue weighted by atomic mass is 10.4. The van der Waals surface area contributed by atoms with E-state index in [0.29, 0.717) is 0 Å². The Bertz CT molecular complexity index is 186. The van der Waals surface area contributed by atoms with E-state index in [2.05, 4.69) is 0 Å². The first kappa shape index (κ1) is 29.7. The maximum Gasteiger partial charge on any atom is 0.0488 e. The molecule has 192 valence electrons. The first-order valence-corrected chi connectivity index (χ1v) is 12.6. The van der Waals surface area contributed by atoms with Crippen molar-refractivity contribution < 1.29 is 37.9 Å². The molecular formula is C24H48O8. The molecule has 32 heavy (non-hydrogen) atoms. The summed E-state index contributed by atoms with van der Waals surface area (Å²) in [6.45, 7) is 11.8. The van der Waals surface area contributed by atoms with Gasteiger partial charge in [-0.25, -0.2) is 0 Å². The van der Waals surface area contributed by atoms with Crippen LogP contribution in [0.3, 0.4) is 0 Å². The Kier molecular flexibility index (Phi) is 25.0. The summed E-state index contributed by atoms with van der Waals surface area (Å²) in [6.07, 6.45) is 7.38. The van der Waals surface area contributed by atoms with Crippen LogP contribution in [0.2, 0.25) is 0 Å². The molecule has 0 bridgehead atoms. The van der Waals surface area contributed by atoms with Gasteiger partial charge in [-0.1, -0.05) is 0 Å². The topological polar surface area (TPSA) is 73.8 Å². The Morgan fingerprint density at radius 1 is 0.156 bits per heavy atom. The van der Waals surface area contributed by atoms with E-state index in [0.717, 1.165) is 157 Å². The van der Waals surface area contributed by atoms with E-state index in [-0.39, 0.29) is 0 Å². The lowest BCUT2D eigenvalue weighted by Crippen LogP contribution is -2.09. The smallest absolute Gasteiger partial charge is 0.0488 e. The molecule has 1 heterocycles. The highest BCUT2D eigenvalue weighted by Crippen LogP contribution is 1.95. The third-order valence-corrected chi connectivity index (χ3v) is 4.62. The molecule has 8 heteroatoms. The van der Waals surface area contributed by atoms with Gasteiger partial charge in [-0.2, -0.15) is 0 Å². The van der Waals surface area contributed by atoms with E-state index < -0.39 is 0 Å². The Morgan fingerprint density at radius 3 is 0.344 bits per heavy atom. The molecule has 8 nitrogen and oxygen atoms in total. The largest absolute Gasteiger partial charge is 0.381 e. The third-order valence-electron chi connectivity index (χ3n) is 4.62. The van der Waals surface area contributed by atoms with Gasteiger partial charge < -0.3 is 37.9 Å². The Labute approximate surface area is 195 Å². The van der Waals surface area contributed by atoms with Crippen LogP contribution >= 0.6 is 0 Å². The first-order chi connectivity index (χ1) is 16.0. The second-order valence-corrected chi connectivity index (χ2v) is 7.73. The average molecular weight is 465 g/mol. The molecule has 1 fully saturated rings. The van der Waals surface area contributed by atoms with E-state index in [1.54, 1.807) is 0 Å². The monoisotopic (exact) mass is 464 g/mol. The average Bonchev–Trinajstić information content (AvgIpc) is 2.80. The highest BCUT2D eigenvalue weighted by Gasteiger charge is 1.97. The van der Waals surface area contributed by atoms with Gasteiger partial charge in [-0.3, -0.25) is 0 Å². The molecule has 0 amide bonds. The predicted octanol–water partition coefficient (Wildman–Crippen LogP) is 3.25. The molecule has 0 N–H and O–H groups in total. The fourth-order valence-electron chi connectivity index (χ4n) is 2.92. The van der Waals surface area contributed by atoms with Crippen molar-refractivity contribution in [3.05, 3.63) is 0 Å². The summed E-state index contributed by atoms with van der Waals surface area (Å²) >= 11 is 0. The van der Waals surface area contributed by atoms with Crippen LogP contribution in [0.25, 0.3) is 0 Å². The highest BCUT2D eigenvalue weighted by atomic mass is 16.5. The minimum atomic E-state index is 0.736. The van der Waals surface area contributed by atoms with Gasteiger partial charge in [0.1, 0.15) is 0 Å². The zero-order valence-electron chi connectivity index (χ0n) is 20.2. The lowest BCUT2D eigenvalue weighted by Gasteiger charge is -2.08. The van der Waals surface area contributed by atoms with Crippen LogP contribution in [0.15, 0.2) is 0 Å². The molecule has 0 aromatic carbocycles. The van der Waals surface area contributed by atoms with Crippen LogP contribution in [-0.2, 0) is 37.9 Å². The van der Waals surface area contributed by atoms with Gasteiger partial charge in [0.15, 0.2) is 0 Å². The summed E-state index contributed by atoms with van der Waals surface area (Å²) in [5, 5.41) is 0. The molecule has 1 rings (SSSR count). The molecule has 0 spiro atoms. The summed E-state index contributed by atoms with van der Waals surface area (Å²) in [5.74, 6) is 0. The summed E-state index contributed by atoms with van der Waals surface area (Å²) in [4.78, 5) is 0. The van der Waals surface area contributed by atoms with Gasteiger partial charge in [-0.05, 0) is 51.4 Å². The Morgan fingerprint density at radius 2 is 0.250 bits per heavy atom. The van der Waals surface area contributed by atoms with Crippen molar-refractivity contribution in [1.29, 1.82) is 0 Å². The van der Waals surface area contributed by atoms with Gasteiger partial charge in [0.25, 0.3) is 0 Å². The van der Waals surface area contributed by atoms with E-state index >= 15 is 0 Å². The van der Waals surface area contributed by atoms with E-state index in [1.807, 2.05) is 0 Å². The first-order valence-electron chi connectivity index (χ1n) is 12.6. The van der Waals surface area contributed by atoms with Crippen LogP contribution in [0.1, 0.15) is 51.4 Å². The molecule has 0 saturated carbocycles. The molecule has 1 aliphatic rings. The molecule has 0 aromatic heterocycles. The van der Waals surface area contributed by atoms with Crippen molar-refractivity contribution in [2.24, 2.45) is 0 Å². The fraction of sp³-hybridized carbons (Fsp3) is 1.00. The summed E-state index contributed by atoms with van der Waals surface area (Å²) in [7, 11) is 0. The van der Waals surface area contributed by atoms with Gasteiger partial charge >= 0.3 is 0 Å². The van der Waals surface area contributed by atoms with Crippen molar-refractivity contribution in [3.63, 3.8) is 0 Å². The van der Waals surface area contributed by atoms with Crippen LogP contribution < -0.4 is 0 Å². The van der Waals surface area contributed by atoms with Crippen molar-refractivity contribution in [2.75, 3.05) is 106 Å². The van der Waals surface area contributed by atoms with Crippen LogP contribution in [0, 0.1) is 0 Å². The maximum atomic E-state index is 5.60. The predicted molar refractivity (Wildman–Crippen MR) is 123 cm³/mol. The molecular weight excluding hydrogens is 416 g/mol. The van der Waals surface area contributed by atoms with Gasteiger partial charge in [0, 0.05) is 106 Å². The minimum Gasteiger partial charge on any atom is -0.381 e. The van der Waals surface area contributed by atoms with Gasteiger partial charge in [0.2, 0.25) is 0 Å². The van der Waals surface area contributed by atoms with E-state index in [1.165, 1.54) is 0 Å². The molecule has 1 saturated heterocycles. The van der Waals surface area contributed by atoms with Crippen molar-refractivity contribution in [2.45, 2.75) is 51.4 Å². The maximum absolute atomic E-state index is 5.60. The van der Waals surface area contributed by atoms with Crippen molar-refractivity contribution in [1.82, 2.24) is 0 Å². The van der Waals surface area contributed by atoms with Crippen LogP contribution in [0.5, 0.6) is 0 Å². The van der Waals surface area contributed by atoms with E-state index in [9.17, 15) is 0 Å². The zero-order chi connectivity index (χ0) is 22.6. The van der Waals surface area contributed by atoms with Gasteiger partial charge in [-0.15, -0.1) is 0 Å². The second-order valence-electron chi connectivity index (χ2n) is 7.73. The number of hydrogen-bond acceptors (Lipinski definition) is 8. The lowest BCUT2D eigenvalue weighted by molar-refractivity contribution is 0.0373. The standard InChI is InChI=1S/C24H48O8/c1-9-25-11-2-13-27-15-4-17-29-19-6-21-31-23-8-24-32-22-7-20-30-18-5-16-28-14-3-12-26-10-1/h1-24H2. The zero-order valence-corrected chi connectivity index (χ0v) is 20.2. The van der Waals surface area contributed by atoms with E-state index in [4.69, 9.17) is 37.9 Å². The molecule has 0 aliphatic carbocycles. The fourth-order valence-corrected chi connectivity index (χ4v) is 2.92. The molecule has 0 radical (unpaired) electrons. The molecule has 1 aliphatic heterocycles. The number of hydrogen-bond donors (Lipinski definition) is 0. The van der Waals surface area contributed by atoms with Gasteiger partial charge in [0.05, 0.1) is 0 Å².